The van der Waals surface area contributed by atoms with E-state index in [1.165, 1.54) is 21.3 Å². The van der Waals surface area contributed by atoms with Gasteiger partial charge in [0, 0.05) is 43.5 Å². The molecule has 1 N–H and O–H groups in total. The van der Waals surface area contributed by atoms with Crippen LogP contribution in [0, 0.1) is 0 Å². The maximum atomic E-state index is 12.7. The molecule has 1 fully saturated rings. The molecule has 2 aromatic rings. The van der Waals surface area contributed by atoms with E-state index in [0.717, 1.165) is 25.3 Å². The monoisotopic (exact) mass is 461 g/mol. The van der Waals surface area contributed by atoms with Gasteiger partial charge in [-0.3, -0.25) is 9.69 Å². The Labute approximate surface area is 193 Å². The van der Waals surface area contributed by atoms with Crippen LogP contribution in [0.3, 0.4) is 0 Å². The van der Waals surface area contributed by atoms with Gasteiger partial charge in [0.15, 0.2) is 0 Å². The first-order valence-electron chi connectivity index (χ1n) is 10.2. The van der Waals surface area contributed by atoms with E-state index in [9.17, 15) is 9.59 Å². The molecule has 1 atom stereocenters. The van der Waals surface area contributed by atoms with Gasteiger partial charge in [-0.15, -0.1) is 0 Å². The Morgan fingerprint density at radius 1 is 1.06 bits per heavy atom. The average molecular weight is 462 g/mol. The van der Waals surface area contributed by atoms with Crippen LogP contribution in [0.5, 0.6) is 11.5 Å². The number of nitrogens with one attached hydrogen (secondary N) is 1. The summed E-state index contributed by atoms with van der Waals surface area (Å²) in [4.78, 5) is 28.7. The predicted octanol–water partition coefficient (Wildman–Crippen LogP) is 3.29. The first-order valence-corrected chi connectivity index (χ1v) is 10.6. The van der Waals surface area contributed by atoms with E-state index in [2.05, 4.69) is 22.0 Å². The standard InChI is InChI=1S/C23H28ClN3O5/c1-15-13-27(17-7-5-16(6-8-17)23(29)32-4)10-9-26(15)14-22(28)25-19-12-20(30-2)18(24)11-21(19)31-3/h5-8,11-12,15H,9-10,13-14H2,1-4H3,(H,25,28). The summed E-state index contributed by atoms with van der Waals surface area (Å²) in [5.41, 5.74) is 2.07. The second-order valence-electron chi connectivity index (χ2n) is 7.54. The van der Waals surface area contributed by atoms with E-state index in [4.69, 9.17) is 25.8 Å². The number of anilines is 2. The summed E-state index contributed by atoms with van der Waals surface area (Å²) >= 11 is 6.13. The first-order chi connectivity index (χ1) is 15.4. The molecule has 0 spiro atoms. The maximum Gasteiger partial charge on any atom is 0.337 e. The lowest BCUT2D eigenvalue weighted by Gasteiger charge is -2.40. The fourth-order valence-electron chi connectivity index (χ4n) is 3.72. The van der Waals surface area contributed by atoms with Gasteiger partial charge in [-0.2, -0.15) is 0 Å². The van der Waals surface area contributed by atoms with Crippen LogP contribution >= 0.6 is 11.6 Å². The van der Waals surface area contributed by atoms with Gasteiger partial charge in [0.05, 0.1) is 44.1 Å². The van der Waals surface area contributed by atoms with Crippen molar-refractivity contribution < 1.29 is 23.8 Å². The van der Waals surface area contributed by atoms with Crippen molar-refractivity contribution in [3.8, 4) is 11.5 Å². The molecule has 1 saturated heterocycles. The van der Waals surface area contributed by atoms with Crippen molar-refractivity contribution in [1.82, 2.24) is 4.90 Å². The van der Waals surface area contributed by atoms with Crippen LogP contribution in [0.1, 0.15) is 17.3 Å². The number of nitrogens with zero attached hydrogens (tertiary/aromatic N) is 2. The number of benzene rings is 2. The first kappa shape index (κ1) is 23.7. The van der Waals surface area contributed by atoms with Crippen molar-refractivity contribution in [1.29, 1.82) is 0 Å². The molecule has 0 aromatic heterocycles. The Hall–Kier alpha value is -2.97. The molecule has 1 unspecified atom stereocenters. The predicted molar refractivity (Wildman–Crippen MR) is 124 cm³/mol. The Balaban J connectivity index is 1.59. The van der Waals surface area contributed by atoms with E-state index in [1.54, 1.807) is 24.3 Å². The van der Waals surface area contributed by atoms with Gasteiger partial charge in [-0.1, -0.05) is 11.6 Å². The van der Waals surface area contributed by atoms with Crippen LogP contribution in [-0.4, -0.2) is 70.3 Å². The summed E-state index contributed by atoms with van der Waals surface area (Å²) in [6.07, 6.45) is 0. The van der Waals surface area contributed by atoms with Gasteiger partial charge in [0.25, 0.3) is 0 Å². The van der Waals surface area contributed by atoms with Crippen molar-refractivity contribution in [3.05, 3.63) is 47.0 Å². The van der Waals surface area contributed by atoms with Crippen molar-refractivity contribution in [2.24, 2.45) is 0 Å². The molecule has 0 aliphatic carbocycles. The lowest BCUT2D eigenvalue weighted by molar-refractivity contribution is -0.117. The molecule has 2 aromatic carbocycles. The number of hydrogen-bond donors (Lipinski definition) is 1. The molecule has 172 valence electrons. The third-order valence-corrected chi connectivity index (χ3v) is 5.81. The van der Waals surface area contributed by atoms with E-state index in [-0.39, 0.29) is 24.5 Å². The number of methoxy groups -OCH3 is 3. The molecule has 9 heteroatoms. The zero-order chi connectivity index (χ0) is 23.3. The smallest absolute Gasteiger partial charge is 0.337 e. The fraction of sp³-hybridized carbons (Fsp3) is 0.391. The maximum absolute atomic E-state index is 12.7. The fourth-order valence-corrected chi connectivity index (χ4v) is 3.95. The number of piperazine rings is 1. The number of amides is 1. The summed E-state index contributed by atoms with van der Waals surface area (Å²) in [5.74, 6) is 0.437. The van der Waals surface area contributed by atoms with E-state index >= 15 is 0 Å². The van der Waals surface area contributed by atoms with Gasteiger partial charge in [-0.25, -0.2) is 4.79 Å². The Morgan fingerprint density at radius 2 is 1.75 bits per heavy atom. The molecule has 32 heavy (non-hydrogen) atoms. The van der Waals surface area contributed by atoms with Gasteiger partial charge < -0.3 is 24.4 Å². The molecule has 8 nitrogen and oxygen atoms in total. The SMILES string of the molecule is COC(=O)c1ccc(N2CCN(CC(=O)Nc3cc(OC)c(Cl)cc3OC)C(C)C2)cc1. The molecule has 1 amide bonds. The molecular formula is C23H28ClN3O5. The number of carbonyl (C=O) groups is 2. The molecule has 1 heterocycles. The van der Waals surface area contributed by atoms with Crippen LogP contribution in [0.25, 0.3) is 0 Å². The number of halogens is 1. The number of carbonyl (C=O) groups excluding carboxylic acids is 2. The Bertz CT molecular complexity index is 967. The summed E-state index contributed by atoms with van der Waals surface area (Å²) in [6.45, 7) is 4.61. The molecule has 0 radical (unpaired) electrons. The summed E-state index contributed by atoms with van der Waals surface area (Å²) in [7, 11) is 4.41. The third kappa shape index (κ3) is 5.44. The van der Waals surface area contributed by atoms with Gasteiger partial charge in [-0.05, 0) is 31.2 Å². The van der Waals surface area contributed by atoms with Crippen LogP contribution in [0.2, 0.25) is 5.02 Å². The highest BCUT2D eigenvalue weighted by molar-refractivity contribution is 6.32. The van der Waals surface area contributed by atoms with Crippen molar-refractivity contribution in [2.75, 3.05) is 57.7 Å². The van der Waals surface area contributed by atoms with Gasteiger partial charge in [0.2, 0.25) is 5.91 Å². The summed E-state index contributed by atoms with van der Waals surface area (Å²) in [5, 5.41) is 3.30. The Kier molecular flexibility index (Phi) is 7.82. The van der Waals surface area contributed by atoms with Gasteiger partial charge >= 0.3 is 5.97 Å². The minimum atomic E-state index is -0.351. The highest BCUT2D eigenvalue weighted by atomic mass is 35.5. The number of ether oxygens (including phenoxy) is 3. The molecule has 0 saturated carbocycles. The highest BCUT2D eigenvalue weighted by Crippen LogP contribution is 2.35. The second kappa shape index (κ2) is 10.6. The topological polar surface area (TPSA) is 80.3 Å². The van der Waals surface area contributed by atoms with Crippen molar-refractivity contribution in [2.45, 2.75) is 13.0 Å². The lowest BCUT2D eigenvalue weighted by Crippen LogP contribution is -2.53. The molecule has 1 aliphatic rings. The molecule has 1 aliphatic heterocycles. The normalized spacial score (nSPS) is 16.4. The van der Waals surface area contributed by atoms with E-state index in [1.807, 2.05) is 12.1 Å². The van der Waals surface area contributed by atoms with Crippen molar-refractivity contribution >= 4 is 34.9 Å². The lowest BCUT2D eigenvalue weighted by atomic mass is 10.1. The van der Waals surface area contributed by atoms with Crippen LogP contribution < -0.4 is 19.7 Å². The Morgan fingerprint density at radius 3 is 2.34 bits per heavy atom. The molecule has 3 rings (SSSR count). The number of rotatable bonds is 7. The summed E-state index contributed by atoms with van der Waals surface area (Å²) < 4.78 is 15.3. The van der Waals surface area contributed by atoms with Gasteiger partial charge in [0.1, 0.15) is 11.5 Å². The zero-order valence-electron chi connectivity index (χ0n) is 18.7. The van der Waals surface area contributed by atoms with E-state index < -0.39 is 0 Å². The molecule has 0 bridgehead atoms. The quantitative estimate of drug-likeness (QED) is 0.633. The highest BCUT2D eigenvalue weighted by Gasteiger charge is 2.26. The average Bonchev–Trinajstić information content (AvgIpc) is 2.80. The third-order valence-electron chi connectivity index (χ3n) is 5.51. The second-order valence-corrected chi connectivity index (χ2v) is 7.95. The zero-order valence-corrected chi connectivity index (χ0v) is 19.4. The van der Waals surface area contributed by atoms with Crippen LogP contribution in [0.4, 0.5) is 11.4 Å². The van der Waals surface area contributed by atoms with Crippen LogP contribution in [-0.2, 0) is 9.53 Å². The number of esters is 1. The summed E-state index contributed by atoms with van der Waals surface area (Å²) in [6, 6.07) is 10.8. The van der Waals surface area contributed by atoms with Crippen LogP contribution in [0.15, 0.2) is 36.4 Å². The minimum absolute atomic E-state index is 0.143. The largest absolute Gasteiger partial charge is 0.495 e. The van der Waals surface area contributed by atoms with E-state index in [0.29, 0.717) is 27.8 Å². The molecular weight excluding hydrogens is 434 g/mol. The number of hydrogen-bond acceptors (Lipinski definition) is 7. The minimum Gasteiger partial charge on any atom is -0.495 e. The van der Waals surface area contributed by atoms with Crippen molar-refractivity contribution in [3.63, 3.8) is 0 Å².